The predicted molar refractivity (Wildman–Crippen MR) is 82.0 cm³/mol. The zero-order valence-corrected chi connectivity index (χ0v) is 12.6. The van der Waals surface area contributed by atoms with Crippen LogP contribution in [0.15, 0.2) is 29.8 Å². The zero-order chi connectivity index (χ0) is 14.7. The fourth-order valence-corrected chi connectivity index (χ4v) is 2.58. The van der Waals surface area contributed by atoms with Crippen molar-refractivity contribution in [3.63, 3.8) is 0 Å². The molecule has 1 aromatic rings. The normalized spacial score (nSPS) is 18.8. The second-order valence-electron chi connectivity index (χ2n) is 4.93. The number of rotatable bonds is 3. The SMILES string of the molecule is CSNC(=O)C1=C(c2ccc(C)cc2)CC(C)NC1=O. The minimum Gasteiger partial charge on any atom is -0.349 e. The van der Waals surface area contributed by atoms with Gasteiger partial charge in [-0.2, -0.15) is 0 Å². The number of hydrogen-bond donors (Lipinski definition) is 2. The Hall–Kier alpha value is -1.75. The number of carbonyl (C=O) groups excluding carboxylic acids is 2. The molecule has 5 heteroatoms. The number of carbonyl (C=O) groups is 2. The molecule has 1 atom stereocenters. The Morgan fingerprint density at radius 2 is 2.00 bits per heavy atom. The Labute approximate surface area is 123 Å². The summed E-state index contributed by atoms with van der Waals surface area (Å²) in [6.07, 6.45) is 2.42. The first kappa shape index (κ1) is 14.7. The lowest BCUT2D eigenvalue weighted by molar-refractivity contribution is -0.123. The Morgan fingerprint density at radius 3 is 2.60 bits per heavy atom. The van der Waals surface area contributed by atoms with Gasteiger partial charge >= 0.3 is 0 Å². The fraction of sp³-hybridized carbons (Fsp3) is 0.333. The first-order valence-corrected chi connectivity index (χ1v) is 7.69. The molecule has 0 radical (unpaired) electrons. The largest absolute Gasteiger partial charge is 0.349 e. The van der Waals surface area contributed by atoms with Crippen LogP contribution >= 0.6 is 11.9 Å². The van der Waals surface area contributed by atoms with E-state index in [4.69, 9.17) is 0 Å². The average Bonchev–Trinajstić information content (AvgIpc) is 2.38. The van der Waals surface area contributed by atoms with E-state index in [2.05, 4.69) is 10.0 Å². The first-order valence-electron chi connectivity index (χ1n) is 6.47. The van der Waals surface area contributed by atoms with Crippen molar-refractivity contribution >= 4 is 29.3 Å². The molecule has 1 aromatic carbocycles. The standard InChI is InChI=1S/C15H18N2O2S/c1-9-4-6-11(7-5-9)12-8-10(2)16-14(18)13(12)15(19)17-20-3/h4-7,10H,8H2,1-3H3,(H,16,18)(H,17,19). The molecule has 0 saturated carbocycles. The van der Waals surface area contributed by atoms with Crippen molar-refractivity contribution in [3.05, 3.63) is 41.0 Å². The molecule has 0 spiro atoms. The second kappa shape index (κ2) is 6.13. The molecular weight excluding hydrogens is 272 g/mol. The summed E-state index contributed by atoms with van der Waals surface area (Å²) in [6.45, 7) is 3.95. The fourth-order valence-electron chi connectivity index (χ4n) is 2.29. The highest BCUT2D eigenvalue weighted by atomic mass is 32.2. The van der Waals surface area contributed by atoms with E-state index in [-0.39, 0.29) is 23.4 Å². The number of aryl methyl sites for hydroxylation is 1. The third-order valence-corrected chi connectivity index (χ3v) is 3.63. The predicted octanol–water partition coefficient (Wildman–Crippen LogP) is 2.05. The van der Waals surface area contributed by atoms with Crippen LogP contribution in [0.2, 0.25) is 0 Å². The summed E-state index contributed by atoms with van der Waals surface area (Å²) in [4.78, 5) is 24.2. The molecule has 2 amide bonds. The van der Waals surface area contributed by atoms with Crippen molar-refractivity contribution in [2.24, 2.45) is 0 Å². The van der Waals surface area contributed by atoms with Crippen molar-refractivity contribution in [2.75, 3.05) is 6.26 Å². The molecule has 2 rings (SSSR count). The molecule has 1 aliphatic heterocycles. The summed E-state index contributed by atoms with van der Waals surface area (Å²) in [5.41, 5.74) is 3.12. The first-order chi connectivity index (χ1) is 9.52. The summed E-state index contributed by atoms with van der Waals surface area (Å²) in [5.74, 6) is -0.636. The van der Waals surface area contributed by atoms with Crippen LogP contribution in [-0.2, 0) is 9.59 Å². The topological polar surface area (TPSA) is 58.2 Å². The Kier molecular flexibility index (Phi) is 4.49. The number of amides is 2. The van der Waals surface area contributed by atoms with E-state index in [1.165, 1.54) is 11.9 Å². The molecule has 0 fully saturated rings. The maximum absolute atomic E-state index is 12.1. The summed E-state index contributed by atoms with van der Waals surface area (Å²) in [5, 5.41) is 2.81. The van der Waals surface area contributed by atoms with Crippen molar-refractivity contribution in [1.29, 1.82) is 0 Å². The van der Waals surface area contributed by atoms with Crippen LogP contribution in [-0.4, -0.2) is 24.1 Å². The quantitative estimate of drug-likeness (QED) is 0.661. The van der Waals surface area contributed by atoms with E-state index >= 15 is 0 Å². The van der Waals surface area contributed by atoms with Crippen LogP contribution in [0.25, 0.3) is 5.57 Å². The molecular formula is C15H18N2O2S. The second-order valence-corrected chi connectivity index (χ2v) is 5.55. The van der Waals surface area contributed by atoms with Gasteiger partial charge < -0.3 is 5.32 Å². The number of nitrogens with one attached hydrogen (secondary N) is 2. The lowest BCUT2D eigenvalue weighted by Crippen LogP contribution is -2.42. The minimum absolute atomic E-state index is 0.0321. The number of hydrogen-bond acceptors (Lipinski definition) is 3. The van der Waals surface area contributed by atoms with Gasteiger partial charge in [-0.25, -0.2) is 0 Å². The van der Waals surface area contributed by atoms with E-state index in [1.807, 2.05) is 38.1 Å². The van der Waals surface area contributed by atoms with Gasteiger partial charge in [0, 0.05) is 12.3 Å². The van der Waals surface area contributed by atoms with E-state index in [9.17, 15) is 9.59 Å². The van der Waals surface area contributed by atoms with E-state index < -0.39 is 0 Å². The lowest BCUT2D eigenvalue weighted by atomic mass is 9.90. The molecule has 1 unspecified atom stereocenters. The highest BCUT2D eigenvalue weighted by Gasteiger charge is 2.29. The van der Waals surface area contributed by atoms with Gasteiger partial charge in [0.1, 0.15) is 5.57 Å². The monoisotopic (exact) mass is 290 g/mol. The average molecular weight is 290 g/mol. The summed E-state index contributed by atoms with van der Waals surface area (Å²) in [7, 11) is 0. The number of benzene rings is 1. The van der Waals surface area contributed by atoms with Crippen LogP contribution in [0.3, 0.4) is 0 Å². The molecule has 0 aromatic heterocycles. The third-order valence-electron chi connectivity index (χ3n) is 3.24. The van der Waals surface area contributed by atoms with Gasteiger partial charge in [-0.05, 0) is 31.4 Å². The lowest BCUT2D eigenvalue weighted by Gasteiger charge is -2.25. The van der Waals surface area contributed by atoms with E-state index in [0.29, 0.717) is 6.42 Å². The molecule has 2 N–H and O–H groups in total. The molecule has 20 heavy (non-hydrogen) atoms. The molecule has 0 saturated heterocycles. The van der Waals surface area contributed by atoms with Crippen molar-refractivity contribution in [3.8, 4) is 0 Å². The Morgan fingerprint density at radius 1 is 1.35 bits per heavy atom. The van der Waals surface area contributed by atoms with Gasteiger partial charge in [-0.3, -0.25) is 14.3 Å². The van der Waals surface area contributed by atoms with Gasteiger partial charge in [0.05, 0.1) is 0 Å². The van der Waals surface area contributed by atoms with E-state index in [0.717, 1.165) is 16.7 Å². The van der Waals surface area contributed by atoms with Gasteiger partial charge in [-0.1, -0.05) is 41.8 Å². The Bertz CT molecular complexity index is 564. The maximum atomic E-state index is 12.1. The van der Waals surface area contributed by atoms with Gasteiger partial charge in [0.25, 0.3) is 11.8 Å². The summed E-state index contributed by atoms with van der Waals surface area (Å²) in [6, 6.07) is 7.93. The molecule has 1 aliphatic rings. The van der Waals surface area contributed by atoms with Gasteiger partial charge in [-0.15, -0.1) is 0 Å². The highest BCUT2D eigenvalue weighted by Crippen LogP contribution is 2.28. The van der Waals surface area contributed by atoms with Crippen LogP contribution in [0.5, 0.6) is 0 Å². The van der Waals surface area contributed by atoms with Crippen molar-refractivity contribution < 1.29 is 9.59 Å². The maximum Gasteiger partial charge on any atom is 0.266 e. The molecule has 0 aliphatic carbocycles. The minimum atomic E-state index is -0.336. The van der Waals surface area contributed by atoms with Gasteiger partial charge in [0.2, 0.25) is 0 Å². The van der Waals surface area contributed by atoms with Gasteiger partial charge in [0.15, 0.2) is 0 Å². The summed E-state index contributed by atoms with van der Waals surface area (Å²) >= 11 is 1.19. The molecule has 4 nitrogen and oxygen atoms in total. The van der Waals surface area contributed by atoms with Crippen LogP contribution < -0.4 is 10.0 Å². The highest BCUT2D eigenvalue weighted by molar-refractivity contribution is 7.97. The molecule has 106 valence electrons. The van der Waals surface area contributed by atoms with E-state index in [1.54, 1.807) is 6.26 Å². The molecule has 1 heterocycles. The van der Waals surface area contributed by atoms with Crippen molar-refractivity contribution in [2.45, 2.75) is 26.3 Å². The molecule has 0 bridgehead atoms. The zero-order valence-electron chi connectivity index (χ0n) is 11.8. The van der Waals surface area contributed by atoms with Crippen molar-refractivity contribution in [1.82, 2.24) is 10.0 Å². The van der Waals surface area contributed by atoms with Crippen LogP contribution in [0.1, 0.15) is 24.5 Å². The smallest absolute Gasteiger partial charge is 0.266 e. The van der Waals surface area contributed by atoms with Crippen LogP contribution in [0, 0.1) is 6.92 Å². The summed E-state index contributed by atoms with van der Waals surface area (Å²) < 4.78 is 2.63. The van der Waals surface area contributed by atoms with Crippen LogP contribution in [0.4, 0.5) is 0 Å². The Balaban J connectivity index is 2.50. The third kappa shape index (κ3) is 3.04.